The molecule has 0 radical (unpaired) electrons. The Morgan fingerprint density at radius 2 is 1.76 bits per heavy atom. The highest BCUT2D eigenvalue weighted by atomic mass is 19.3. The van der Waals surface area contributed by atoms with Crippen molar-refractivity contribution >= 4 is 0 Å². The van der Waals surface area contributed by atoms with Gasteiger partial charge in [-0.25, -0.2) is 9.67 Å². The van der Waals surface area contributed by atoms with Crippen molar-refractivity contribution in [2.75, 3.05) is 0 Å². The van der Waals surface area contributed by atoms with Gasteiger partial charge in [0.05, 0.1) is 6.54 Å². The van der Waals surface area contributed by atoms with Gasteiger partial charge in [-0.05, 0) is 21.9 Å². The van der Waals surface area contributed by atoms with Crippen LogP contribution in [0.2, 0.25) is 0 Å². The molecule has 4 rings (SSSR count). The van der Waals surface area contributed by atoms with Gasteiger partial charge in [0, 0.05) is 18.9 Å². The molecule has 0 bridgehead atoms. The van der Waals surface area contributed by atoms with Gasteiger partial charge in [-0.1, -0.05) is 55.5 Å². The van der Waals surface area contributed by atoms with E-state index in [1.54, 1.807) is 0 Å². The van der Waals surface area contributed by atoms with E-state index < -0.39 is 11.7 Å². The zero-order chi connectivity index (χ0) is 20.4. The van der Waals surface area contributed by atoms with Crippen molar-refractivity contribution in [3.05, 3.63) is 65.7 Å². The molecule has 2 aromatic carbocycles. The molecule has 0 aliphatic carbocycles. The Morgan fingerprint density at radius 3 is 2.38 bits per heavy atom. The molecule has 148 valence electrons. The van der Waals surface area contributed by atoms with Gasteiger partial charge in [-0.15, -0.1) is 15.3 Å². The van der Waals surface area contributed by atoms with E-state index in [-0.39, 0.29) is 0 Å². The summed E-state index contributed by atoms with van der Waals surface area (Å²) in [6.07, 6.45) is 0.527. The predicted molar refractivity (Wildman–Crippen MR) is 103 cm³/mol. The third-order valence-corrected chi connectivity index (χ3v) is 4.57. The molecule has 0 atom stereocenters. The number of rotatable bonds is 6. The third-order valence-electron chi connectivity index (χ3n) is 4.57. The van der Waals surface area contributed by atoms with Crippen LogP contribution in [0.4, 0.5) is 8.78 Å². The molecule has 2 heterocycles. The Hall–Kier alpha value is -3.49. The Kier molecular flexibility index (Phi) is 4.87. The van der Waals surface area contributed by atoms with Crippen molar-refractivity contribution in [3.8, 4) is 22.5 Å². The standard InChI is InChI=1S/C20H19F2N7/c1-3-17-23-19(20(2,21)22)26-29(17)12-13-8-10-14(11-9-13)15-6-4-5-7-16(15)18-24-27-28-25-18/h4-11H,3,12H2,1-2H3,(H,24,25,27,28). The topological polar surface area (TPSA) is 85.2 Å². The number of aromatic nitrogens is 7. The molecule has 0 spiro atoms. The number of aryl methyl sites for hydroxylation is 1. The van der Waals surface area contributed by atoms with E-state index in [1.165, 1.54) is 4.68 Å². The fraction of sp³-hybridized carbons (Fsp3) is 0.250. The highest BCUT2D eigenvalue weighted by Gasteiger charge is 2.30. The summed E-state index contributed by atoms with van der Waals surface area (Å²) < 4.78 is 28.7. The molecule has 7 nitrogen and oxygen atoms in total. The third kappa shape index (κ3) is 3.89. The summed E-state index contributed by atoms with van der Waals surface area (Å²) in [6, 6.07) is 15.6. The molecule has 0 fully saturated rings. The lowest BCUT2D eigenvalue weighted by Crippen LogP contribution is -2.11. The maximum Gasteiger partial charge on any atom is 0.305 e. The number of H-pyrrole nitrogens is 1. The lowest BCUT2D eigenvalue weighted by Gasteiger charge is -2.09. The first-order valence-corrected chi connectivity index (χ1v) is 9.20. The number of nitrogens with one attached hydrogen (secondary N) is 1. The van der Waals surface area contributed by atoms with Crippen molar-refractivity contribution in [2.45, 2.75) is 32.7 Å². The minimum absolute atomic E-state index is 0.374. The minimum atomic E-state index is -3.06. The van der Waals surface area contributed by atoms with Gasteiger partial charge in [0.15, 0.2) is 0 Å². The summed E-state index contributed by atoms with van der Waals surface area (Å²) >= 11 is 0. The minimum Gasteiger partial charge on any atom is -0.245 e. The number of hydrogen-bond acceptors (Lipinski definition) is 5. The second-order valence-electron chi connectivity index (χ2n) is 6.73. The Morgan fingerprint density at radius 1 is 1.03 bits per heavy atom. The number of aromatic amines is 1. The van der Waals surface area contributed by atoms with Gasteiger partial charge in [0.1, 0.15) is 5.82 Å². The quantitative estimate of drug-likeness (QED) is 0.536. The van der Waals surface area contributed by atoms with E-state index in [0.717, 1.165) is 29.2 Å². The van der Waals surface area contributed by atoms with Crippen molar-refractivity contribution in [1.82, 2.24) is 35.4 Å². The molecule has 9 heteroatoms. The highest BCUT2D eigenvalue weighted by molar-refractivity contribution is 5.80. The second kappa shape index (κ2) is 7.50. The van der Waals surface area contributed by atoms with Gasteiger partial charge in [-0.2, -0.15) is 14.0 Å². The summed E-state index contributed by atoms with van der Waals surface area (Å²) in [5.74, 6) is -2.45. The summed E-state index contributed by atoms with van der Waals surface area (Å²) in [7, 11) is 0. The maximum absolute atomic E-state index is 13.6. The molecule has 0 aliphatic heterocycles. The zero-order valence-corrected chi connectivity index (χ0v) is 16.0. The van der Waals surface area contributed by atoms with Gasteiger partial charge in [0.25, 0.3) is 0 Å². The number of halogens is 2. The summed E-state index contributed by atoms with van der Waals surface area (Å²) in [4.78, 5) is 3.98. The molecule has 1 N–H and O–H groups in total. The Labute approximate surface area is 165 Å². The SMILES string of the molecule is CCc1nc(C(C)(F)F)nn1Cc1ccc(-c2ccccc2-c2nn[nH]n2)cc1. The van der Waals surface area contributed by atoms with Crippen LogP contribution in [0.3, 0.4) is 0 Å². The fourth-order valence-electron chi connectivity index (χ4n) is 3.12. The largest absolute Gasteiger partial charge is 0.305 e. The summed E-state index contributed by atoms with van der Waals surface area (Å²) in [6.45, 7) is 3.05. The molecule has 0 saturated heterocycles. The van der Waals surface area contributed by atoms with Crippen molar-refractivity contribution in [3.63, 3.8) is 0 Å². The number of benzene rings is 2. The molecule has 4 aromatic rings. The van der Waals surface area contributed by atoms with Gasteiger partial charge >= 0.3 is 5.92 Å². The normalized spacial score (nSPS) is 11.7. The van der Waals surface area contributed by atoms with Crippen molar-refractivity contribution in [2.24, 2.45) is 0 Å². The van der Waals surface area contributed by atoms with Crippen LogP contribution < -0.4 is 0 Å². The van der Waals surface area contributed by atoms with Crippen LogP contribution >= 0.6 is 0 Å². The van der Waals surface area contributed by atoms with Gasteiger partial charge < -0.3 is 0 Å². The van der Waals surface area contributed by atoms with E-state index in [2.05, 4.69) is 30.7 Å². The zero-order valence-electron chi connectivity index (χ0n) is 16.0. The second-order valence-corrected chi connectivity index (χ2v) is 6.73. The van der Waals surface area contributed by atoms with Crippen LogP contribution in [0.15, 0.2) is 48.5 Å². The molecule has 0 saturated carbocycles. The monoisotopic (exact) mass is 395 g/mol. The Bertz CT molecular complexity index is 1100. The van der Waals surface area contributed by atoms with E-state index in [4.69, 9.17) is 0 Å². The number of alkyl halides is 2. The van der Waals surface area contributed by atoms with Gasteiger partial charge in [-0.3, -0.25) is 0 Å². The van der Waals surface area contributed by atoms with Crippen molar-refractivity contribution < 1.29 is 8.78 Å². The first-order chi connectivity index (χ1) is 14.0. The van der Waals surface area contributed by atoms with E-state index >= 15 is 0 Å². The molecular formula is C20H19F2N7. The molecule has 0 unspecified atom stereocenters. The lowest BCUT2D eigenvalue weighted by atomic mass is 9.98. The van der Waals surface area contributed by atoms with E-state index in [0.29, 0.717) is 24.6 Å². The number of tetrazole rings is 1. The fourth-order valence-corrected chi connectivity index (χ4v) is 3.12. The van der Waals surface area contributed by atoms with Crippen LogP contribution in [0.1, 0.15) is 31.1 Å². The van der Waals surface area contributed by atoms with Gasteiger partial charge in [0.2, 0.25) is 11.6 Å². The molecule has 29 heavy (non-hydrogen) atoms. The van der Waals surface area contributed by atoms with E-state index in [9.17, 15) is 8.78 Å². The highest BCUT2D eigenvalue weighted by Crippen LogP contribution is 2.30. The predicted octanol–water partition coefficient (Wildman–Crippen LogP) is 3.85. The van der Waals surface area contributed by atoms with Crippen LogP contribution in [-0.4, -0.2) is 35.4 Å². The molecule has 2 aromatic heterocycles. The average molecular weight is 395 g/mol. The number of hydrogen-bond donors (Lipinski definition) is 1. The van der Waals surface area contributed by atoms with Crippen LogP contribution in [-0.2, 0) is 18.9 Å². The van der Waals surface area contributed by atoms with Crippen molar-refractivity contribution in [1.29, 1.82) is 0 Å². The summed E-state index contributed by atoms with van der Waals surface area (Å²) in [5.41, 5.74) is 3.78. The van der Waals surface area contributed by atoms with Crippen LogP contribution in [0, 0.1) is 0 Å². The number of nitrogens with zero attached hydrogens (tertiary/aromatic N) is 6. The Balaban J connectivity index is 1.61. The average Bonchev–Trinajstić information content (AvgIpc) is 3.38. The van der Waals surface area contributed by atoms with E-state index in [1.807, 2.05) is 55.5 Å². The molecule has 0 aliphatic rings. The smallest absolute Gasteiger partial charge is 0.245 e. The molecular weight excluding hydrogens is 376 g/mol. The van der Waals surface area contributed by atoms with Crippen LogP contribution in [0.25, 0.3) is 22.5 Å². The maximum atomic E-state index is 13.6. The summed E-state index contributed by atoms with van der Waals surface area (Å²) in [5, 5.41) is 18.2. The first kappa shape index (κ1) is 18.9. The lowest BCUT2D eigenvalue weighted by molar-refractivity contribution is 0.00756. The molecule has 0 amide bonds. The first-order valence-electron chi connectivity index (χ1n) is 9.20. The van der Waals surface area contributed by atoms with Crippen LogP contribution in [0.5, 0.6) is 0 Å².